The van der Waals surface area contributed by atoms with Crippen LogP contribution in [0.4, 0.5) is 0 Å². The topological polar surface area (TPSA) is 62.5 Å². The fourth-order valence-electron chi connectivity index (χ4n) is 3.80. The third-order valence-electron chi connectivity index (χ3n) is 5.39. The summed E-state index contributed by atoms with van der Waals surface area (Å²) in [7, 11) is 0. The summed E-state index contributed by atoms with van der Waals surface area (Å²) in [6, 6.07) is 8.37. The van der Waals surface area contributed by atoms with Crippen molar-refractivity contribution in [3.63, 3.8) is 0 Å². The predicted octanol–water partition coefficient (Wildman–Crippen LogP) is 2.99. The first-order valence-electron chi connectivity index (χ1n) is 9.62. The third kappa shape index (κ3) is 3.45. The molecule has 1 aromatic carbocycles. The van der Waals surface area contributed by atoms with Gasteiger partial charge < -0.3 is 5.32 Å². The van der Waals surface area contributed by atoms with E-state index in [1.54, 1.807) is 10.7 Å². The highest BCUT2D eigenvalue weighted by Crippen LogP contribution is 2.31. The summed E-state index contributed by atoms with van der Waals surface area (Å²) < 4.78 is 1.70. The lowest BCUT2D eigenvalue weighted by molar-refractivity contribution is 0.0938. The minimum absolute atomic E-state index is 0.0607. The number of benzene rings is 1. The smallest absolute Gasteiger partial charge is 0.257 e. The molecule has 1 aliphatic carbocycles. The number of fused-ring (bicyclic) bond motifs is 2. The molecular weight excluding hydrogens is 338 g/mol. The number of hydrogen-bond donors (Lipinski definition) is 1. The standard InChI is InChI=1S/C21H25N5O/c1-3-25(4-2)13-15-11-22-20-18(12-23-26(20)14-15)21(27)24-19-10-9-16-7-5-6-8-17(16)19/h5-8,11-12,14,19H,3-4,9-10,13H2,1-2H3,(H,24,27)/t19-/m1/s1. The lowest BCUT2D eigenvalue weighted by atomic mass is 10.1. The van der Waals surface area contributed by atoms with Gasteiger partial charge in [-0.1, -0.05) is 38.1 Å². The molecule has 0 radical (unpaired) electrons. The van der Waals surface area contributed by atoms with Crippen LogP contribution in [-0.2, 0) is 13.0 Å². The number of hydrogen-bond acceptors (Lipinski definition) is 4. The molecule has 1 atom stereocenters. The normalized spacial score (nSPS) is 16.0. The average Bonchev–Trinajstić information content (AvgIpc) is 3.30. The van der Waals surface area contributed by atoms with Crippen molar-refractivity contribution < 1.29 is 4.79 Å². The molecular formula is C21H25N5O. The summed E-state index contributed by atoms with van der Waals surface area (Å²) in [4.78, 5) is 19.7. The van der Waals surface area contributed by atoms with Crippen LogP contribution in [0.5, 0.6) is 0 Å². The molecule has 3 aromatic rings. The van der Waals surface area contributed by atoms with Gasteiger partial charge in [0.15, 0.2) is 5.65 Å². The van der Waals surface area contributed by atoms with Crippen LogP contribution in [0.25, 0.3) is 5.65 Å². The van der Waals surface area contributed by atoms with Gasteiger partial charge in [0.1, 0.15) is 5.56 Å². The highest BCUT2D eigenvalue weighted by atomic mass is 16.1. The Morgan fingerprint density at radius 1 is 1.26 bits per heavy atom. The average molecular weight is 363 g/mol. The zero-order valence-electron chi connectivity index (χ0n) is 15.9. The second-order valence-electron chi connectivity index (χ2n) is 7.01. The van der Waals surface area contributed by atoms with Crippen molar-refractivity contribution in [1.82, 2.24) is 24.8 Å². The van der Waals surface area contributed by atoms with Crippen LogP contribution in [-0.4, -0.2) is 38.5 Å². The van der Waals surface area contributed by atoms with Gasteiger partial charge in [-0.05, 0) is 37.1 Å². The number of carbonyl (C=O) groups excluding carboxylic acids is 1. The number of amides is 1. The minimum Gasteiger partial charge on any atom is -0.345 e. The van der Waals surface area contributed by atoms with Crippen LogP contribution in [0.3, 0.4) is 0 Å². The molecule has 4 rings (SSSR count). The Morgan fingerprint density at radius 2 is 2.07 bits per heavy atom. The van der Waals surface area contributed by atoms with Gasteiger partial charge in [-0.25, -0.2) is 9.50 Å². The number of aromatic nitrogens is 3. The van der Waals surface area contributed by atoms with E-state index in [9.17, 15) is 4.79 Å². The van der Waals surface area contributed by atoms with Gasteiger partial charge in [0.2, 0.25) is 0 Å². The number of rotatable bonds is 6. The van der Waals surface area contributed by atoms with Gasteiger partial charge in [0, 0.05) is 24.5 Å². The quantitative estimate of drug-likeness (QED) is 0.731. The molecule has 1 amide bonds. The largest absolute Gasteiger partial charge is 0.345 e. The maximum absolute atomic E-state index is 12.8. The van der Waals surface area contributed by atoms with Crippen LogP contribution >= 0.6 is 0 Å². The molecule has 27 heavy (non-hydrogen) atoms. The van der Waals surface area contributed by atoms with Gasteiger partial charge in [0.05, 0.1) is 12.2 Å². The Labute approximate surface area is 159 Å². The highest BCUT2D eigenvalue weighted by molar-refractivity contribution is 5.99. The Hall–Kier alpha value is -2.73. The Kier molecular flexibility index (Phi) is 4.90. The lowest BCUT2D eigenvalue weighted by Gasteiger charge is -2.17. The van der Waals surface area contributed by atoms with E-state index in [-0.39, 0.29) is 11.9 Å². The molecule has 1 N–H and O–H groups in total. The van der Waals surface area contributed by atoms with Gasteiger partial charge >= 0.3 is 0 Å². The first-order valence-corrected chi connectivity index (χ1v) is 9.62. The van der Waals surface area contributed by atoms with Crippen molar-refractivity contribution in [3.8, 4) is 0 Å². The van der Waals surface area contributed by atoms with Crippen LogP contribution < -0.4 is 5.32 Å². The summed E-state index contributed by atoms with van der Waals surface area (Å²) in [5.41, 5.74) is 4.75. The molecule has 6 heteroatoms. The van der Waals surface area contributed by atoms with Crippen LogP contribution in [0, 0.1) is 0 Å². The van der Waals surface area contributed by atoms with E-state index < -0.39 is 0 Å². The Balaban J connectivity index is 1.53. The molecule has 1 aliphatic rings. The maximum atomic E-state index is 12.8. The second kappa shape index (κ2) is 7.48. The van der Waals surface area contributed by atoms with E-state index in [4.69, 9.17) is 0 Å². The minimum atomic E-state index is -0.115. The fraction of sp³-hybridized carbons (Fsp3) is 0.381. The zero-order chi connectivity index (χ0) is 18.8. The molecule has 0 spiro atoms. The monoisotopic (exact) mass is 363 g/mol. The molecule has 0 saturated heterocycles. The molecule has 6 nitrogen and oxygen atoms in total. The number of aryl methyl sites for hydroxylation is 1. The predicted molar refractivity (Wildman–Crippen MR) is 105 cm³/mol. The highest BCUT2D eigenvalue weighted by Gasteiger charge is 2.25. The van der Waals surface area contributed by atoms with Gasteiger partial charge in [-0.2, -0.15) is 5.10 Å². The summed E-state index contributed by atoms with van der Waals surface area (Å²) in [6.45, 7) is 7.10. The van der Waals surface area contributed by atoms with E-state index in [0.717, 1.165) is 38.0 Å². The van der Waals surface area contributed by atoms with E-state index in [0.29, 0.717) is 11.2 Å². The third-order valence-corrected chi connectivity index (χ3v) is 5.39. The van der Waals surface area contributed by atoms with Crippen molar-refractivity contribution in [3.05, 3.63) is 65.1 Å². The number of nitrogens with one attached hydrogen (secondary N) is 1. The Bertz CT molecular complexity index is 960. The van der Waals surface area contributed by atoms with Crippen molar-refractivity contribution in [2.75, 3.05) is 13.1 Å². The molecule has 2 heterocycles. The fourth-order valence-corrected chi connectivity index (χ4v) is 3.80. The van der Waals surface area contributed by atoms with E-state index in [1.807, 2.05) is 24.5 Å². The van der Waals surface area contributed by atoms with Crippen LogP contribution in [0.1, 0.15) is 53.4 Å². The first-order chi connectivity index (χ1) is 13.2. The SMILES string of the molecule is CCN(CC)Cc1cnc2c(C(=O)N[C@@H]3CCc4ccccc43)cnn2c1. The summed E-state index contributed by atoms with van der Waals surface area (Å²) in [6.07, 6.45) is 7.35. The second-order valence-corrected chi connectivity index (χ2v) is 7.01. The molecule has 2 aromatic heterocycles. The molecule has 140 valence electrons. The van der Waals surface area contributed by atoms with Crippen LogP contribution in [0.15, 0.2) is 42.9 Å². The zero-order valence-corrected chi connectivity index (χ0v) is 15.9. The number of carbonyl (C=O) groups is 1. The molecule has 0 fully saturated rings. The van der Waals surface area contributed by atoms with Crippen molar-refractivity contribution >= 4 is 11.6 Å². The van der Waals surface area contributed by atoms with Crippen molar-refractivity contribution in [2.24, 2.45) is 0 Å². The Morgan fingerprint density at radius 3 is 2.89 bits per heavy atom. The molecule has 0 saturated carbocycles. The number of nitrogens with zero attached hydrogens (tertiary/aromatic N) is 4. The molecule has 0 aliphatic heterocycles. The molecule has 0 unspecified atom stereocenters. The van der Waals surface area contributed by atoms with Crippen LogP contribution in [0.2, 0.25) is 0 Å². The van der Waals surface area contributed by atoms with E-state index in [2.05, 4.69) is 46.3 Å². The van der Waals surface area contributed by atoms with Gasteiger partial charge in [0.25, 0.3) is 5.91 Å². The van der Waals surface area contributed by atoms with Crippen molar-refractivity contribution in [2.45, 2.75) is 39.3 Å². The summed E-state index contributed by atoms with van der Waals surface area (Å²) >= 11 is 0. The lowest BCUT2D eigenvalue weighted by Crippen LogP contribution is -2.27. The summed E-state index contributed by atoms with van der Waals surface area (Å²) in [5, 5.41) is 7.51. The van der Waals surface area contributed by atoms with E-state index in [1.165, 1.54) is 11.1 Å². The van der Waals surface area contributed by atoms with Gasteiger partial charge in [-0.3, -0.25) is 9.69 Å². The van der Waals surface area contributed by atoms with Gasteiger partial charge in [-0.15, -0.1) is 0 Å². The summed E-state index contributed by atoms with van der Waals surface area (Å²) in [5.74, 6) is -0.115. The molecule has 0 bridgehead atoms. The first kappa shape index (κ1) is 17.7. The van der Waals surface area contributed by atoms with Crippen molar-refractivity contribution in [1.29, 1.82) is 0 Å². The maximum Gasteiger partial charge on any atom is 0.257 e. The van der Waals surface area contributed by atoms with E-state index >= 15 is 0 Å².